The Morgan fingerprint density at radius 2 is 1.94 bits per heavy atom. The highest BCUT2D eigenvalue weighted by atomic mass is 16.3. The van der Waals surface area contributed by atoms with Gasteiger partial charge < -0.3 is 16.2 Å². The van der Waals surface area contributed by atoms with Crippen molar-refractivity contribution in [1.29, 1.82) is 0 Å². The SMILES string of the molecule is CNC1CN(C2CCC(C(O)CN)CC2)C1. The van der Waals surface area contributed by atoms with Gasteiger partial charge in [0, 0.05) is 31.7 Å². The molecule has 4 heteroatoms. The Morgan fingerprint density at radius 3 is 2.44 bits per heavy atom. The molecule has 2 aliphatic rings. The summed E-state index contributed by atoms with van der Waals surface area (Å²) < 4.78 is 0. The van der Waals surface area contributed by atoms with Crippen molar-refractivity contribution in [3.8, 4) is 0 Å². The van der Waals surface area contributed by atoms with Gasteiger partial charge >= 0.3 is 0 Å². The number of aliphatic hydroxyl groups excluding tert-OH is 1. The smallest absolute Gasteiger partial charge is 0.0690 e. The lowest BCUT2D eigenvalue weighted by molar-refractivity contribution is 0.0245. The summed E-state index contributed by atoms with van der Waals surface area (Å²) in [6.07, 6.45) is 4.48. The van der Waals surface area contributed by atoms with Gasteiger partial charge in [-0.3, -0.25) is 4.90 Å². The minimum Gasteiger partial charge on any atom is -0.392 e. The summed E-state index contributed by atoms with van der Waals surface area (Å²) in [6, 6.07) is 1.46. The Balaban J connectivity index is 1.70. The molecule has 1 aliphatic heterocycles. The molecule has 0 aromatic rings. The van der Waals surface area contributed by atoms with Crippen molar-refractivity contribution in [3.05, 3.63) is 0 Å². The number of aliphatic hydroxyl groups is 1. The van der Waals surface area contributed by atoms with E-state index in [1.807, 2.05) is 7.05 Å². The van der Waals surface area contributed by atoms with Gasteiger partial charge in [0.05, 0.1) is 6.10 Å². The maximum atomic E-state index is 9.71. The minimum atomic E-state index is -0.276. The quantitative estimate of drug-likeness (QED) is 0.621. The van der Waals surface area contributed by atoms with E-state index in [4.69, 9.17) is 5.73 Å². The number of nitrogens with two attached hydrogens (primary N) is 1. The van der Waals surface area contributed by atoms with Gasteiger partial charge in [-0.2, -0.15) is 0 Å². The van der Waals surface area contributed by atoms with Crippen LogP contribution in [0, 0.1) is 5.92 Å². The topological polar surface area (TPSA) is 61.5 Å². The fourth-order valence-electron chi connectivity index (χ4n) is 3.04. The molecule has 1 aliphatic carbocycles. The Bertz CT molecular complexity index is 210. The summed E-state index contributed by atoms with van der Waals surface area (Å²) in [4.78, 5) is 2.58. The first-order valence-corrected chi connectivity index (χ1v) is 6.54. The van der Waals surface area contributed by atoms with E-state index in [0.717, 1.165) is 18.9 Å². The van der Waals surface area contributed by atoms with Gasteiger partial charge in [0.15, 0.2) is 0 Å². The van der Waals surface area contributed by atoms with E-state index in [1.165, 1.54) is 25.9 Å². The zero-order chi connectivity index (χ0) is 11.5. The van der Waals surface area contributed by atoms with Crippen LogP contribution in [0.5, 0.6) is 0 Å². The molecule has 4 nitrogen and oxygen atoms in total. The molecule has 16 heavy (non-hydrogen) atoms. The van der Waals surface area contributed by atoms with Gasteiger partial charge in [0.1, 0.15) is 0 Å². The summed E-state index contributed by atoms with van der Waals surface area (Å²) in [6.45, 7) is 2.82. The monoisotopic (exact) mass is 227 g/mol. The Hall–Kier alpha value is -0.160. The van der Waals surface area contributed by atoms with Crippen molar-refractivity contribution in [2.75, 3.05) is 26.7 Å². The molecule has 2 fully saturated rings. The molecular formula is C12H25N3O. The van der Waals surface area contributed by atoms with Gasteiger partial charge in [0.2, 0.25) is 0 Å². The number of likely N-dealkylation sites (N-methyl/N-ethyl adjacent to an activating group) is 1. The Labute approximate surface area is 98.2 Å². The maximum absolute atomic E-state index is 9.71. The van der Waals surface area contributed by atoms with Crippen molar-refractivity contribution in [1.82, 2.24) is 10.2 Å². The number of nitrogens with one attached hydrogen (secondary N) is 1. The maximum Gasteiger partial charge on any atom is 0.0690 e. The Morgan fingerprint density at radius 1 is 1.31 bits per heavy atom. The first-order valence-electron chi connectivity index (χ1n) is 6.54. The third-order valence-corrected chi connectivity index (χ3v) is 4.36. The van der Waals surface area contributed by atoms with E-state index in [9.17, 15) is 5.11 Å². The van der Waals surface area contributed by atoms with Crippen LogP contribution < -0.4 is 11.1 Å². The van der Waals surface area contributed by atoms with Crippen molar-refractivity contribution in [2.45, 2.75) is 43.9 Å². The third kappa shape index (κ3) is 2.56. The first kappa shape index (κ1) is 12.3. The second-order valence-corrected chi connectivity index (χ2v) is 5.31. The van der Waals surface area contributed by atoms with E-state index < -0.39 is 0 Å². The molecular weight excluding hydrogens is 202 g/mol. The van der Waals surface area contributed by atoms with Gasteiger partial charge in [-0.1, -0.05) is 0 Å². The van der Waals surface area contributed by atoms with Crippen LogP contribution in [-0.2, 0) is 0 Å². The molecule has 0 spiro atoms. The molecule has 2 rings (SSSR count). The predicted molar refractivity (Wildman–Crippen MR) is 65.2 cm³/mol. The standard InChI is InChI=1S/C12H25N3O/c1-14-10-7-15(8-10)11-4-2-9(3-5-11)12(16)6-13/h9-12,14,16H,2-8,13H2,1H3. The molecule has 0 radical (unpaired) electrons. The third-order valence-electron chi connectivity index (χ3n) is 4.36. The molecule has 1 saturated carbocycles. The zero-order valence-corrected chi connectivity index (χ0v) is 10.2. The van der Waals surface area contributed by atoms with Crippen molar-refractivity contribution < 1.29 is 5.11 Å². The second-order valence-electron chi connectivity index (χ2n) is 5.31. The van der Waals surface area contributed by atoms with E-state index in [2.05, 4.69) is 10.2 Å². The second kappa shape index (κ2) is 5.45. The molecule has 0 amide bonds. The van der Waals surface area contributed by atoms with E-state index in [1.54, 1.807) is 0 Å². The van der Waals surface area contributed by atoms with Crippen LogP contribution in [0.25, 0.3) is 0 Å². The van der Waals surface area contributed by atoms with Gasteiger partial charge in [-0.25, -0.2) is 0 Å². The highest BCUT2D eigenvalue weighted by Gasteiger charge is 2.34. The number of nitrogens with zero attached hydrogens (tertiary/aromatic N) is 1. The lowest BCUT2D eigenvalue weighted by atomic mass is 9.81. The lowest BCUT2D eigenvalue weighted by Crippen LogP contribution is -2.60. The molecule has 0 aromatic carbocycles. The summed E-state index contributed by atoms with van der Waals surface area (Å²) >= 11 is 0. The minimum absolute atomic E-state index is 0.276. The summed E-state index contributed by atoms with van der Waals surface area (Å²) in [7, 11) is 2.04. The van der Waals surface area contributed by atoms with Gasteiger partial charge in [-0.15, -0.1) is 0 Å². The number of likely N-dealkylation sites (tertiary alicyclic amines) is 1. The molecule has 94 valence electrons. The summed E-state index contributed by atoms with van der Waals surface area (Å²) in [5, 5.41) is 13.0. The molecule has 0 aromatic heterocycles. The molecule has 1 unspecified atom stereocenters. The highest BCUT2D eigenvalue weighted by Crippen LogP contribution is 2.31. The van der Waals surface area contributed by atoms with Crippen molar-refractivity contribution in [2.24, 2.45) is 11.7 Å². The molecule has 4 N–H and O–H groups in total. The van der Waals surface area contributed by atoms with Crippen LogP contribution in [-0.4, -0.2) is 54.9 Å². The first-order chi connectivity index (χ1) is 7.74. The fraction of sp³-hybridized carbons (Fsp3) is 1.00. The lowest BCUT2D eigenvalue weighted by Gasteiger charge is -2.46. The van der Waals surface area contributed by atoms with Crippen molar-refractivity contribution in [3.63, 3.8) is 0 Å². The van der Waals surface area contributed by atoms with Crippen molar-refractivity contribution >= 4 is 0 Å². The summed E-state index contributed by atoms with van der Waals surface area (Å²) in [5.41, 5.74) is 5.50. The highest BCUT2D eigenvalue weighted by molar-refractivity contribution is 4.92. The van der Waals surface area contributed by atoms with Crippen LogP contribution >= 0.6 is 0 Å². The van der Waals surface area contributed by atoms with Gasteiger partial charge in [-0.05, 0) is 38.6 Å². The van der Waals surface area contributed by atoms with Crippen LogP contribution in [0.1, 0.15) is 25.7 Å². The Kier molecular flexibility index (Phi) is 4.19. The molecule has 1 atom stereocenters. The predicted octanol–water partition coefficient (Wildman–Crippen LogP) is -0.232. The summed E-state index contributed by atoms with van der Waals surface area (Å²) in [5.74, 6) is 0.447. The zero-order valence-electron chi connectivity index (χ0n) is 10.2. The molecule has 1 saturated heterocycles. The van der Waals surface area contributed by atoms with Crippen LogP contribution in [0.15, 0.2) is 0 Å². The average molecular weight is 227 g/mol. The van der Waals surface area contributed by atoms with E-state index >= 15 is 0 Å². The number of hydrogen-bond acceptors (Lipinski definition) is 4. The van der Waals surface area contributed by atoms with E-state index in [0.29, 0.717) is 18.5 Å². The van der Waals surface area contributed by atoms with Gasteiger partial charge in [0.25, 0.3) is 0 Å². The van der Waals surface area contributed by atoms with E-state index in [-0.39, 0.29) is 6.10 Å². The molecule has 0 bridgehead atoms. The average Bonchev–Trinajstić information content (AvgIpc) is 2.27. The van der Waals surface area contributed by atoms with Crippen LogP contribution in [0.3, 0.4) is 0 Å². The van der Waals surface area contributed by atoms with Crippen LogP contribution in [0.2, 0.25) is 0 Å². The molecule has 1 heterocycles. The number of hydrogen-bond donors (Lipinski definition) is 3. The largest absolute Gasteiger partial charge is 0.392 e. The van der Waals surface area contributed by atoms with Crippen LogP contribution in [0.4, 0.5) is 0 Å². The normalized spacial score (nSPS) is 34.7. The number of rotatable bonds is 4. The fourth-order valence-corrected chi connectivity index (χ4v) is 3.04.